The van der Waals surface area contributed by atoms with Gasteiger partial charge in [0.05, 0.1) is 12.1 Å². The third kappa shape index (κ3) is 2.26. The molecular weight excluding hydrogens is 257 g/mol. The highest BCUT2D eigenvalue weighted by atomic mass is 35.5. The van der Waals surface area contributed by atoms with E-state index >= 15 is 0 Å². The lowest BCUT2D eigenvalue weighted by Gasteiger charge is -2.30. The fourth-order valence-corrected chi connectivity index (χ4v) is 3.37. The lowest BCUT2D eigenvalue weighted by Crippen LogP contribution is -2.32. The second-order valence-corrected chi connectivity index (χ2v) is 5.50. The van der Waals surface area contributed by atoms with Crippen molar-refractivity contribution in [1.29, 1.82) is 0 Å². The molecule has 0 spiro atoms. The molecule has 0 radical (unpaired) electrons. The van der Waals surface area contributed by atoms with E-state index in [1.807, 2.05) is 6.07 Å². The summed E-state index contributed by atoms with van der Waals surface area (Å²) in [5.41, 5.74) is 7.04. The molecule has 1 aromatic carbocycles. The van der Waals surface area contributed by atoms with Crippen LogP contribution in [0.3, 0.4) is 0 Å². The SMILES string of the molecule is COc1c(Cl)cc(Cl)cc1C1(CN)CCCC1. The van der Waals surface area contributed by atoms with Crippen LogP contribution in [0.4, 0.5) is 0 Å². The first-order valence-electron chi connectivity index (χ1n) is 5.86. The van der Waals surface area contributed by atoms with Gasteiger partial charge in [-0.15, -0.1) is 0 Å². The van der Waals surface area contributed by atoms with E-state index in [-0.39, 0.29) is 5.41 Å². The second kappa shape index (κ2) is 5.05. The molecule has 0 amide bonds. The maximum Gasteiger partial charge on any atom is 0.141 e. The van der Waals surface area contributed by atoms with Crippen LogP contribution >= 0.6 is 23.2 Å². The Morgan fingerprint density at radius 2 is 1.94 bits per heavy atom. The Morgan fingerprint density at radius 1 is 1.29 bits per heavy atom. The normalized spacial score (nSPS) is 18.4. The lowest BCUT2D eigenvalue weighted by molar-refractivity contribution is 0.378. The van der Waals surface area contributed by atoms with Crippen LogP contribution in [0.2, 0.25) is 10.0 Å². The van der Waals surface area contributed by atoms with Gasteiger partial charge in [-0.3, -0.25) is 0 Å². The number of benzene rings is 1. The van der Waals surface area contributed by atoms with Crippen LogP contribution in [0.25, 0.3) is 0 Å². The minimum Gasteiger partial charge on any atom is -0.495 e. The molecule has 0 heterocycles. The third-order valence-electron chi connectivity index (χ3n) is 3.74. The van der Waals surface area contributed by atoms with Gasteiger partial charge in [-0.25, -0.2) is 0 Å². The first kappa shape index (κ1) is 13.0. The van der Waals surface area contributed by atoms with Crippen LogP contribution < -0.4 is 10.5 Å². The molecule has 94 valence electrons. The first-order chi connectivity index (χ1) is 8.13. The highest BCUT2D eigenvalue weighted by molar-refractivity contribution is 6.35. The number of ether oxygens (including phenoxy) is 1. The Morgan fingerprint density at radius 3 is 2.47 bits per heavy atom. The van der Waals surface area contributed by atoms with Crippen LogP contribution in [0.15, 0.2) is 12.1 Å². The fourth-order valence-electron chi connectivity index (χ4n) is 2.80. The summed E-state index contributed by atoms with van der Waals surface area (Å²) in [6, 6.07) is 3.66. The monoisotopic (exact) mass is 273 g/mol. The minimum atomic E-state index is -0.0140. The third-order valence-corrected chi connectivity index (χ3v) is 4.23. The van der Waals surface area contributed by atoms with Crippen LogP contribution in [-0.2, 0) is 5.41 Å². The number of nitrogens with two attached hydrogens (primary N) is 1. The molecule has 1 aliphatic rings. The van der Waals surface area contributed by atoms with Crippen LogP contribution in [0, 0.1) is 0 Å². The average molecular weight is 274 g/mol. The molecule has 17 heavy (non-hydrogen) atoms. The van der Waals surface area contributed by atoms with E-state index < -0.39 is 0 Å². The molecule has 0 aliphatic heterocycles. The van der Waals surface area contributed by atoms with E-state index in [9.17, 15) is 0 Å². The predicted molar refractivity (Wildman–Crippen MR) is 72.2 cm³/mol. The van der Waals surface area contributed by atoms with Crippen LogP contribution in [0.1, 0.15) is 31.2 Å². The van der Waals surface area contributed by atoms with Crippen molar-refractivity contribution in [1.82, 2.24) is 0 Å². The molecule has 1 fully saturated rings. The maximum absolute atomic E-state index is 6.18. The zero-order chi connectivity index (χ0) is 12.5. The van der Waals surface area contributed by atoms with Crippen molar-refractivity contribution < 1.29 is 4.74 Å². The summed E-state index contributed by atoms with van der Waals surface area (Å²) in [6.07, 6.45) is 4.56. The molecule has 2 rings (SSSR count). The van der Waals surface area contributed by atoms with E-state index in [0.717, 1.165) is 24.2 Å². The van der Waals surface area contributed by atoms with Crippen molar-refractivity contribution >= 4 is 23.2 Å². The Hall–Kier alpha value is -0.440. The predicted octanol–water partition coefficient (Wildman–Crippen LogP) is 3.77. The molecule has 2 nitrogen and oxygen atoms in total. The van der Waals surface area contributed by atoms with Crippen molar-refractivity contribution in [2.45, 2.75) is 31.1 Å². The zero-order valence-electron chi connectivity index (χ0n) is 9.93. The van der Waals surface area contributed by atoms with E-state index in [4.69, 9.17) is 33.7 Å². The summed E-state index contributed by atoms with van der Waals surface area (Å²) < 4.78 is 5.42. The zero-order valence-corrected chi connectivity index (χ0v) is 11.4. The Kier molecular flexibility index (Phi) is 3.86. The quantitative estimate of drug-likeness (QED) is 0.910. The smallest absolute Gasteiger partial charge is 0.141 e. The van der Waals surface area contributed by atoms with Gasteiger partial charge in [0.25, 0.3) is 0 Å². The molecule has 0 aromatic heterocycles. The lowest BCUT2D eigenvalue weighted by atomic mass is 9.78. The molecule has 0 bridgehead atoms. The first-order valence-corrected chi connectivity index (χ1v) is 6.62. The van der Waals surface area contributed by atoms with Gasteiger partial charge >= 0.3 is 0 Å². The van der Waals surface area contributed by atoms with Crippen LogP contribution in [-0.4, -0.2) is 13.7 Å². The molecule has 1 saturated carbocycles. The summed E-state index contributed by atoms with van der Waals surface area (Å²) >= 11 is 12.3. The molecular formula is C13H17Cl2NO. The van der Waals surface area contributed by atoms with Gasteiger partial charge in [-0.05, 0) is 25.0 Å². The highest BCUT2D eigenvalue weighted by Crippen LogP contribution is 2.47. The number of rotatable bonds is 3. The molecule has 2 N–H and O–H groups in total. The van der Waals surface area contributed by atoms with Crippen molar-refractivity contribution in [2.75, 3.05) is 13.7 Å². The van der Waals surface area contributed by atoms with Gasteiger partial charge in [0.2, 0.25) is 0 Å². The largest absolute Gasteiger partial charge is 0.495 e. The standard InChI is InChI=1S/C13H17Cl2NO/c1-17-12-10(6-9(14)7-11(12)15)13(8-16)4-2-3-5-13/h6-7H,2-5,8,16H2,1H3. The summed E-state index contributed by atoms with van der Waals surface area (Å²) in [4.78, 5) is 0. The summed E-state index contributed by atoms with van der Waals surface area (Å²) in [5.74, 6) is 0.725. The van der Waals surface area contributed by atoms with Gasteiger partial charge in [0, 0.05) is 22.5 Å². The molecule has 1 aliphatic carbocycles. The minimum absolute atomic E-state index is 0.0140. The summed E-state index contributed by atoms with van der Waals surface area (Å²) in [5, 5.41) is 1.21. The van der Waals surface area contributed by atoms with Crippen molar-refractivity contribution in [3.05, 3.63) is 27.7 Å². The van der Waals surface area contributed by atoms with Gasteiger partial charge in [0.1, 0.15) is 5.75 Å². The van der Waals surface area contributed by atoms with E-state index in [0.29, 0.717) is 16.6 Å². The molecule has 0 atom stereocenters. The van der Waals surface area contributed by atoms with E-state index in [2.05, 4.69) is 0 Å². The summed E-state index contributed by atoms with van der Waals surface area (Å²) in [6.45, 7) is 0.611. The number of hydrogen-bond acceptors (Lipinski definition) is 2. The van der Waals surface area contributed by atoms with Gasteiger partial charge < -0.3 is 10.5 Å². The van der Waals surface area contributed by atoms with E-state index in [1.165, 1.54) is 12.8 Å². The van der Waals surface area contributed by atoms with Crippen molar-refractivity contribution in [2.24, 2.45) is 5.73 Å². The second-order valence-electron chi connectivity index (χ2n) is 4.66. The average Bonchev–Trinajstić information content (AvgIpc) is 2.77. The Balaban J connectivity index is 2.56. The number of hydrogen-bond donors (Lipinski definition) is 1. The van der Waals surface area contributed by atoms with Gasteiger partial charge in [-0.2, -0.15) is 0 Å². The maximum atomic E-state index is 6.18. The Labute approximate surface area is 112 Å². The van der Waals surface area contributed by atoms with Gasteiger partial charge in [0.15, 0.2) is 0 Å². The topological polar surface area (TPSA) is 35.2 Å². The van der Waals surface area contributed by atoms with E-state index in [1.54, 1.807) is 13.2 Å². The summed E-state index contributed by atoms with van der Waals surface area (Å²) in [7, 11) is 1.64. The highest BCUT2D eigenvalue weighted by Gasteiger charge is 2.37. The Bertz CT molecular complexity index is 414. The van der Waals surface area contributed by atoms with Crippen molar-refractivity contribution in [3.8, 4) is 5.75 Å². The van der Waals surface area contributed by atoms with Crippen LogP contribution in [0.5, 0.6) is 5.75 Å². The number of methoxy groups -OCH3 is 1. The molecule has 4 heteroatoms. The van der Waals surface area contributed by atoms with Gasteiger partial charge in [-0.1, -0.05) is 36.0 Å². The fraction of sp³-hybridized carbons (Fsp3) is 0.538. The molecule has 1 aromatic rings. The molecule has 0 saturated heterocycles. The van der Waals surface area contributed by atoms with Crippen molar-refractivity contribution in [3.63, 3.8) is 0 Å². The number of halogens is 2. The molecule has 0 unspecified atom stereocenters.